The van der Waals surface area contributed by atoms with Gasteiger partial charge in [-0.1, -0.05) is 0 Å². The molecule has 0 atom stereocenters. The van der Waals surface area contributed by atoms with Gasteiger partial charge in [-0.05, 0) is 18.2 Å². The lowest BCUT2D eigenvalue weighted by Gasteiger charge is -2.27. The fourth-order valence-corrected chi connectivity index (χ4v) is 2.41. The number of aryl methyl sites for hydroxylation is 1. The molecule has 3 N–H and O–H groups in total. The Kier molecular flexibility index (Phi) is 3.88. The number of rotatable bonds is 4. The summed E-state index contributed by atoms with van der Waals surface area (Å²) in [7, 11) is 1.64. The zero-order valence-electron chi connectivity index (χ0n) is 12.4. The second-order valence-electron chi connectivity index (χ2n) is 5.48. The highest BCUT2D eigenvalue weighted by atomic mass is 19.4. The number of carbonyl (C=O) groups excluding carboxylic acids is 1. The maximum atomic E-state index is 12.8. The number of aromatic nitrogens is 2. The summed E-state index contributed by atoms with van der Waals surface area (Å²) >= 11 is 0. The van der Waals surface area contributed by atoms with E-state index in [0.717, 1.165) is 25.2 Å². The number of carbonyl (C=O) groups is 1. The van der Waals surface area contributed by atoms with Crippen molar-refractivity contribution in [1.29, 1.82) is 0 Å². The number of fused-ring (bicyclic) bond motifs is 1. The lowest BCUT2D eigenvalue weighted by Crippen LogP contribution is -2.57. The minimum absolute atomic E-state index is 0.0428. The summed E-state index contributed by atoms with van der Waals surface area (Å²) in [6, 6.07) is 3.54. The van der Waals surface area contributed by atoms with Crippen molar-refractivity contribution in [3.8, 4) is 0 Å². The van der Waals surface area contributed by atoms with Gasteiger partial charge >= 0.3 is 6.18 Å². The third-order valence-corrected chi connectivity index (χ3v) is 3.74. The quantitative estimate of drug-likeness (QED) is 0.786. The summed E-state index contributed by atoms with van der Waals surface area (Å²) in [4.78, 5) is 11.8. The van der Waals surface area contributed by atoms with Crippen molar-refractivity contribution in [1.82, 2.24) is 20.4 Å². The van der Waals surface area contributed by atoms with E-state index in [0.29, 0.717) is 10.9 Å². The number of hydrogen-bond acceptors (Lipinski definition) is 4. The molecule has 0 spiro atoms. The normalized spacial score (nSPS) is 15.5. The highest BCUT2D eigenvalue weighted by Gasteiger charge is 2.31. The van der Waals surface area contributed by atoms with Gasteiger partial charge in [-0.25, -0.2) is 0 Å². The lowest BCUT2D eigenvalue weighted by atomic mass is 10.1. The summed E-state index contributed by atoms with van der Waals surface area (Å²) in [5.74, 6) is 0.0396. The van der Waals surface area contributed by atoms with Crippen molar-refractivity contribution < 1.29 is 18.0 Å². The number of alkyl halides is 3. The molecule has 1 aromatic heterocycles. The van der Waals surface area contributed by atoms with Gasteiger partial charge in [0, 0.05) is 25.5 Å². The fourth-order valence-electron chi connectivity index (χ4n) is 2.41. The molecular formula is C14H16F3N5O. The van der Waals surface area contributed by atoms with Crippen LogP contribution in [-0.2, 0) is 18.0 Å². The summed E-state index contributed by atoms with van der Waals surface area (Å²) < 4.78 is 40.0. The van der Waals surface area contributed by atoms with Crippen LogP contribution in [0.4, 0.5) is 19.0 Å². The minimum atomic E-state index is -4.42. The number of benzene rings is 1. The van der Waals surface area contributed by atoms with Crippen LogP contribution in [0, 0.1) is 0 Å². The van der Waals surface area contributed by atoms with E-state index in [9.17, 15) is 18.0 Å². The van der Waals surface area contributed by atoms with Crippen LogP contribution >= 0.6 is 0 Å². The topological polar surface area (TPSA) is 71.0 Å². The molecule has 0 bridgehead atoms. The Morgan fingerprint density at radius 2 is 2.17 bits per heavy atom. The predicted octanol–water partition coefficient (Wildman–Crippen LogP) is 1.09. The number of amides is 1. The average molecular weight is 327 g/mol. The molecule has 1 amide bonds. The van der Waals surface area contributed by atoms with Crippen molar-refractivity contribution in [3.63, 3.8) is 0 Å². The van der Waals surface area contributed by atoms with Crippen molar-refractivity contribution in [2.24, 2.45) is 7.05 Å². The lowest BCUT2D eigenvalue weighted by molar-refractivity contribution is -0.137. The first-order valence-corrected chi connectivity index (χ1v) is 7.12. The maximum absolute atomic E-state index is 12.8. The van der Waals surface area contributed by atoms with E-state index in [-0.39, 0.29) is 24.3 Å². The summed E-state index contributed by atoms with van der Waals surface area (Å²) in [6.07, 6.45) is -4.42. The second kappa shape index (κ2) is 5.73. The number of halogens is 3. The third-order valence-electron chi connectivity index (χ3n) is 3.74. The van der Waals surface area contributed by atoms with Gasteiger partial charge in [0.25, 0.3) is 0 Å². The van der Waals surface area contributed by atoms with Gasteiger partial charge < -0.3 is 16.0 Å². The van der Waals surface area contributed by atoms with E-state index in [2.05, 4.69) is 21.0 Å². The molecule has 2 heterocycles. The fraction of sp³-hybridized carbons (Fsp3) is 0.429. The first-order chi connectivity index (χ1) is 10.8. The van der Waals surface area contributed by atoms with Gasteiger partial charge in [0.1, 0.15) is 0 Å². The summed E-state index contributed by atoms with van der Waals surface area (Å²) in [5.41, 5.74) is -0.185. The first kappa shape index (κ1) is 15.6. The molecule has 124 valence electrons. The first-order valence-electron chi connectivity index (χ1n) is 7.12. The molecule has 1 saturated heterocycles. The van der Waals surface area contributed by atoms with E-state index in [1.54, 1.807) is 7.05 Å². The van der Waals surface area contributed by atoms with Gasteiger partial charge in [-0.2, -0.15) is 18.3 Å². The maximum Gasteiger partial charge on any atom is 0.416 e. The van der Waals surface area contributed by atoms with Crippen LogP contribution in [0.15, 0.2) is 18.2 Å². The second-order valence-corrected chi connectivity index (χ2v) is 5.48. The predicted molar refractivity (Wildman–Crippen MR) is 79.0 cm³/mol. The van der Waals surface area contributed by atoms with Crippen LogP contribution in [-0.4, -0.2) is 41.4 Å². The van der Waals surface area contributed by atoms with Crippen LogP contribution in [0.1, 0.15) is 5.56 Å². The van der Waals surface area contributed by atoms with E-state index < -0.39 is 11.7 Å². The number of hydrogen-bond donors (Lipinski definition) is 3. The SMILES string of the molecule is Cn1nc(NCC(=O)NC2CNC2)c2cc(C(F)(F)F)ccc21. The molecule has 0 aliphatic carbocycles. The van der Waals surface area contributed by atoms with Crippen LogP contribution in [0.5, 0.6) is 0 Å². The Bertz CT molecular complexity index is 736. The Labute approximate surface area is 130 Å². The van der Waals surface area contributed by atoms with Gasteiger partial charge in [0.15, 0.2) is 5.82 Å². The standard InChI is InChI=1S/C14H16F3N5O/c1-22-11-3-2-8(14(15,16)17)4-10(11)13(21-22)19-7-12(23)20-9-5-18-6-9/h2-4,9,18H,5-7H2,1H3,(H,19,21)(H,20,23). The zero-order valence-corrected chi connectivity index (χ0v) is 12.4. The van der Waals surface area contributed by atoms with Crippen molar-refractivity contribution in [2.45, 2.75) is 12.2 Å². The molecule has 1 aromatic carbocycles. The van der Waals surface area contributed by atoms with E-state index >= 15 is 0 Å². The molecule has 1 fully saturated rings. The number of nitrogens with one attached hydrogen (secondary N) is 3. The van der Waals surface area contributed by atoms with Gasteiger partial charge in [0.2, 0.25) is 5.91 Å². The number of nitrogens with zero attached hydrogens (tertiary/aromatic N) is 2. The highest BCUT2D eigenvalue weighted by molar-refractivity contribution is 5.92. The monoisotopic (exact) mass is 327 g/mol. The summed E-state index contributed by atoms with van der Waals surface area (Å²) in [5, 5.41) is 13.1. The molecule has 23 heavy (non-hydrogen) atoms. The van der Waals surface area contributed by atoms with Crippen LogP contribution in [0.2, 0.25) is 0 Å². The Morgan fingerprint density at radius 3 is 2.78 bits per heavy atom. The number of anilines is 1. The third kappa shape index (κ3) is 3.24. The molecule has 9 heteroatoms. The molecule has 1 aliphatic rings. The molecule has 6 nitrogen and oxygen atoms in total. The van der Waals surface area contributed by atoms with Crippen LogP contribution in [0.25, 0.3) is 10.9 Å². The van der Waals surface area contributed by atoms with Crippen molar-refractivity contribution in [3.05, 3.63) is 23.8 Å². The molecular weight excluding hydrogens is 311 g/mol. The van der Waals surface area contributed by atoms with Crippen molar-refractivity contribution in [2.75, 3.05) is 25.0 Å². The van der Waals surface area contributed by atoms with Gasteiger partial charge in [-0.3, -0.25) is 9.48 Å². The van der Waals surface area contributed by atoms with Gasteiger partial charge in [-0.15, -0.1) is 0 Å². The van der Waals surface area contributed by atoms with E-state index in [1.165, 1.54) is 10.7 Å². The van der Waals surface area contributed by atoms with E-state index in [4.69, 9.17) is 0 Å². The largest absolute Gasteiger partial charge is 0.416 e. The smallest absolute Gasteiger partial charge is 0.359 e. The minimum Gasteiger partial charge on any atom is -0.359 e. The molecule has 2 aromatic rings. The highest BCUT2D eigenvalue weighted by Crippen LogP contribution is 2.33. The average Bonchev–Trinajstić information content (AvgIpc) is 2.76. The van der Waals surface area contributed by atoms with Crippen molar-refractivity contribution >= 4 is 22.6 Å². The van der Waals surface area contributed by atoms with Crippen LogP contribution < -0.4 is 16.0 Å². The van der Waals surface area contributed by atoms with E-state index in [1.807, 2.05) is 0 Å². The summed E-state index contributed by atoms with van der Waals surface area (Å²) in [6.45, 7) is 1.42. The molecule has 0 unspecified atom stereocenters. The molecule has 0 radical (unpaired) electrons. The van der Waals surface area contributed by atoms with Gasteiger partial charge in [0.05, 0.1) is 23.7 Å². The Morgan fingerprint density at radius 1 is 1.43 bits per heavy atom. The Hall–Kier alpha value is -2.29. The molecule has 1 aliphatic heterocycles. The van der Waals surface area contributed by atoms with Crippen LogP contribution in [0.3, 0.4) is 0 Å². The molecule has 3 rings (SSSR count). The molecule has 0 saturated carbocycles. The Balaban J connectivity index is 1.78. The zero-order chi connectivity index (χ0) is 16.6.